The minimum atomic E-state index is -2.90. The lowest BCUT2D eigenvalue weighted by molar-refractivity contribution is 0.452. The van der Waals surface area contributed by atoms with Crippen molar-refractivity contribution in [3.63, 3.8) is 0 Å². The Kier molecular flexibility index (Phi) is 6.28. The summed E-state index contributed by atoms with van der Waals surface area (Å²) in [7, 11) is -2.90. The summed E-state index contributed by atoms with van der Waals surface area (Å²) in [6.45, 7) is 3.52. The zero-order valence-electron chi connectivity index (χ0n) is 15.3. The van der Waals surface area contributed by atoms with Gasteiger partial charge in [0.25, 0.3) is 0 Å². The highest BCUT2D eigenvalue weighted by Crippen LogP contribution is 2.41. The van der Waals surface area contributed by atoms with Gasteiger partial charge < -0.3 is 10.6 Å². The maximum absolute atomic E-state index is 11.7. The SMILES string of the molecule is CCNC(=NCC1(c2ccc(Br)cc2)CCCC1)NC1CCS(=O)(=O)C1. The van der Waals surface area contributed by atoms with Gasteiger partial charge in [0.15, 0.2) is 15.8 Å². The maximum Gasteiger partial charge on any atom is 0.191 e. The van der Waals surface area contributed by atoms with Gasteiger partial charge in [0.1, 0.15) is 0 Å². The first-order chi connectivity index (χ1) is 12.4. The van der Waals surface area contributed by atoms with Gasteiger partial charge in [0.05, 0.1) is 18.1 Å². The molecule has 0 amide bonds. The second-order valence-corrected chi connectivity index (χ2v) is 10.6. The van der Waals surface area contributed by atoms with Crippen LogP contribution in [0.4, 0.5) is 0 Å². The molecule has 1 atom stereocenters. The number of benzene rings is 1. The third kappa shape index (κ3) is 4.80. The van der Waals surface area contributed by atoms with Crippen molar-refractivity contribution in [3.05, 3.63) is 34.3 Å². The van der Waals surface area contributed by atoms with Gasteiger partial charge in [-0.05, 0) is 43.9 Å². The number of aliphatic imine (C=N–C) groups is 1. The molecule has 2 N–H and O–H groups in total. The molecule has 1 unspecified atom stereocenters. The van der Waals surface area contributed by atoms with Crippen molar-refractivity contribution in [1.82, 2.24) is 10.6 Å². The molecule has 1 aromatic carbocycles. The van der Waals surface area contributed by atoms with E-state index in [2.05, 4.69) is 50.8 Å². The average Bonchev–Trinajstić information content (AvgIpc) is 3.21. The summed E-state index contributed by atoms with van der Waals surface area (Å²) in [5.41, 5.74) is 1.44. The van der Waals surface area contributed by atoms with Gasteiger partial charge in [-0.15, -0.1) is 0 Å². The Hall–Kier alpha value is -1.08. The Labute approximate surface area is 165 Å². The Morgan fingerprint density at radius 3 is 2.54 bits per heavy atom. The molecule has 1 saturated heterocycles. The number of hydrogen-bond donors (Lipinski definition) is 2. The fraction of sp³-hybridized carbons (Fsp3) is 0.632. The highest BCUT2D eigenvalue weighted by molar-refractivity contribution is 9.10. The van der Waals surface area contributed by atoms with Crippen LogP contribution < -0.4 is 10.6 Å². The standard InChI is InChI=1S/C19H28BrN3O2S/c1-2-21-18(23-17-9-12-26(24,25)13-17)22-14-19(10-3-4-11-19)15-5-7-16(20)8-6-15/h5-8,17H,2-4,9-14H2,1H3,(H2,21,22,23). The maximum atomic E-state index is 11.7. The van der Waals surface area contributed by atoms with E-state index in [1.165, 1.54) is 18.4 Å². The van der Waals surface area contributed by atoms with E-state index in [4.69, 9.17) is 4.99 Å². The molecule has 1 saturated carbocycles. The quantitative estimate of drug-likeness (QED) is 0.544. The van der Waals surface area contributed by atoms with Crippen LogP contribution in [0.25, 0.3) is 0 Å². The van der Waals surface area contributed by atoms with E-state index in [0.717, 1.165) is 36.4 Å². The van der Waals surface area contributed by atoms with E-state index in [9.17, 15) is 8.42 Å². The molecule has 1 heterocycles. The lowest BCUT2D eigenvalue weighted by atomic mass is 9.79. The first kappa shape index (κ1) is 19.7. The van der Waals surface area contributed by atoms with Crippen LogP contribution in [0.3, 0.4) is 0 Å². The first-order valence-electron chi connectivity index (χ1n) is 9.44. The molecule has 7 heteroatoms. The summed E-state index contributed by atoms with van der Waals surface area (Å²) in [5.74, 6) is 1.21. The van der Waals surface area contributed by atoms with Crippen LogP contribution in [0.2, 0.25) is 0 Å². The Morgan fingerprint density at radius 1 is 1.27 bits per heavy atom. The number of sulfone groups is 1. The minimum Gasteiger partial charge on any atom is -0.357 e. The van der Waals surface area contributed by atoms with Crippen LogP contribution in [0.15, 0.2) is 33.7 Å². The Morgan fingerprint density at radius 2 is 1.96 bits per heavy atom. The van der Waals surface area contributed by atoms with Gasteiger partial charge in [0.2, 0.25) is 0 Å². The zero-order valence-corrected chi connectivity index (χ0v) is 17.7. The number of halogens is 1. The predicted molar refractivity (Wildman–Crippen MR) is 110 cm³/mol. The fourth-order valence-electron chi connectivity index (χ4n) is 4.05. The second kappa shape index (κ2) is 8.30. The van der Waals surface area contributed by atoms with E-state index in [0.29, 0.717) is 6.42 Å². The molecule has 0 aromatic heterocycles. The lowest BCUT2D eigenvalue weighted by Crippen LogP contribution is -2.44. The Bertz CT molecular complexity index is 741. The number of hydrogen-bond acceptors (Lipinski definition) is 3. The number of guanidine groups is 1. The van der Waals surface area contributed by atoms with E-state index >= 15 is 0 Å². The van der Waals surface area contributed by atoms with Crippen molar-refractivity contribution in [2.24, 2.45) is 4.99 Å². The van der Waals surface area contributed by atoms with Gasteiger partial charge in [-0.1, -0.05) is 40.9 Å². The van der Waals surface area contributed by atoms with Crippen LogP contribution in [0.5, 0.6) is 0 Å². The van der Waals surface area contributed by atoms with Crippen molar-refractivity contribution in [2.75, 3.05) is 24.6 Å². The molecule has 0 radical (unpaired) electrons. The van der Waals surface area contributed by atoms with Crippen molar-refractivity contribution in [1.29, 1.82) is 0 Å². The molecule has 2 fully saturated rings. The van der Waals surface area contributed by atoms with Crippen LogP contribution in [-0.2, 0) is 15.3 Å². The second-order valence-electron chi connectivity index (χ2n) is 7.43. The molecule has 1 aliphatic carbocycles. The lowest BCUT2D eigenvalue weighted by Gasteiger charge is -2.28. The molecule has 5 nitrogen and oxygen atoms in total. The first-order valence-corrected chi connectivity index (χ1v) is 12.1. The zero-order chi connectivity index (χ0) is 18.6. The summed E-state index contributed by atoms with van der Waals surface area (Å²) in [6.07, 6.45) is 5.42. The van der Waals surface area contributed by atoms with E-state index in [1.807, 2.05) is 6.92 Å². The fourth-order valence-corrected chi connectivity index (χ4v) is 5.98. The molecule has 26 heavy (non-hydrogen) atoms. The van der Waals surface area contributed by atoms with E-state index < -0.39 is 9.84 Å². The van der Waals surface area contributed by atoms with Crippen LogP contribution >= 0.6 is 15.9 Å². The third-order valence-corrected chi connectivity index (χ3v) is 7.77. The van der Waals surface area contributed by atoms with E-state index in [1.54, 1.807) is 0 Å². The summed E-state index contributed by atoms with van der Waals surface area (Å²) in [5, 5.41) is 6.60. The van der Waals surface area contributed by atoms with Gasteiger partial charge in [-0.25, -0.2) is 8.42 Å². The largest absolute Gasteiger partial charge is 0.357 e. The van der Waals surface area contributed by atoms with E-state index in [-0.39, 0.29) is 23.0 Å². The van der Waals surface area contributed by atoms with Crippen LogP contribution in [0, 0.1) is 0 Å². The molecular formula is C19H28BrN3O2S. The topological polar surface area (TPSA) is 70.6 Å². The normalized spacial score (nSPS) is 24.5. The van der Waals surface area contributed by atoms with Crippen molar-refractivity contribution >= 4 is 31.7 Å². The van der Waals surface area contributed by atoms with Gasteiger partial charge in [0, 0.05) is 22.5 Å². The van der Waals surface area contributed by atoms with Crippen molar-refractivity contribution in [3.8, 4) is 0 Å². The summed E-state index contributed by atoms with van der Waals surface area (Å²) in [6, 6.07) is 8.58. The highest BCUT2D eigenvalue weighted by Gasteiger charge is 2.36. The van der Waals surface area contributed by atoms with Crippen LogP contribution in [-0.4, -0.2) is 45.0 Å². The number of nitrogens with zero attached hydrogens (tertiary/aromatic N) is 1. The monoisotopic (exact) mass is 441 g/mol. The third-order valence-electron chi connectivity index (χ3n) is 5.47. The molecule has 1 aliphatic heterocycles. The molecule has 3 rings (SSSR count). The molecule has 2 aliphatic rings. The minimum absolute atomic E-state index is 0.0370. The van der Waals surface area contributed by atoms with Gasteiger partial charge in [-0.2, -0.15) is 0 Å². The highest BCUT2D eigenvalue weighted by atomic mass is 79.9. The Balaban J connectivity index is 1.75. The summed E-state index contributed by atoms with van der Waals surface area (Å²) >= 11 is 3.52. The predicted octanol–water partition coefficient (Wildman–Crippen LogP) is 3.00. The number of nitrogens with one attached hydrogen (secondary N) is 2. The molecule has 1 aromatic rings. The van der Waals surface area contributed by atoms with Crippen molar-refractivity contribution < 1.29 is 8.42 Å². The molecular weight excluding hydrogens is 414 g/mol. The van der Waals surface area contributed by atoms with Gasteiger partial charge in [-0.3, -0.25) is 4.99 Å². The van der Waals surface area contributed by atoms with Crippen LogP contribution in [0.1, 0.15) is 44.6 Å². The van der Waals surface area contributed by atoms with Crippen molar-refractivity contribution in [2.45, 2.75) is 50.5 Å². The summed E-state index contributed by atoms with van der Waals surface area (Å²) in [4.78, 5) is 4.87. The smallest absolute Gasteiger partial charge is 0.191 e. The summed E-state index contributed by atoms with van der Waals surface area (Å²) < 4.78 is 24.5. The average molecular weight is 442 g/mol. The van der Waals surface area contributed by atoms with Gasteiger partial charge >= 0.3 is 0 Å². The molecule has 0 spiro atoms. The molecule has 144 valence electrons. The molecule has 0 bridgehead atoms. The number of rotatable bonds is 5.